The van der Waals surface area contributed by atoms with Gasteiger partial charge >= 0.3 is 0 Å². The van der Waals surface area contributed by atoms with Crippen LogP contribution in [-0.2, 0) is 10.3 Å². The summed E-state index contributed by atoms with van der Waals surface area (Å²) in [5, 5.41) is 16.6. The minimum absolute atomic E-state index is 0.0606. The number of benzene rings is 1. The van der Waals surface area contributed by atoms with Gasteiger partial charge in [0.15, 0.2) is 0 Å². The third-order valence-corrected chi connectivity index (χ3v) is 4.27. The zero-order chi connectivity index (χ0) is 15.3. The first-order chi connectivity index (χ1) is 10.0. The summed E-state index contributed by atoms with van der Waals surface area (Å²) < 4.78 is 0. The third kappa shape index (κ3) is 4.05. The molecule has 0 radical (unpaired) electrons. The average molecular weight is 290 g/mol. The molecule has 0 aromatic heterocycles. The van der Waals surface area contributed by atoms with Gasteiger partial charge in [-0.15, -0.1) is 0 Å². The normalized spacial score (nSPS) is 23.4. The zero-order valence-electron chi connectivity index (χ0n) is 13.0. The first-order valence-corrected chi connectivity index (χ1v) is 7.81. The van der Waals surface area contributed by atoms with Crippen LogP contribution in [0, 0.1) is 0 Å². The Bertz CT molecular complexity index is 467. The zero-order valence-corrected chi connectivity index (χ0v) is 13.0. The molecule has 2 rings (SSSR count). The number of nitrogens with one attached hydrogen (secondary N) is 2. The number of unbranched alkanes of at least 4 members (excludes halogenated alkanes) is 1. The molecule has 1 aromatic carbocycles. The number of rotatable bonds is 8. The molecule has 1 saturated heterocycles. The van der Waals surface area contributed by atoms with Crippen molar-refractivity contribution in [2.75, 3.05) is 13.1 Å². The molecule has 0 unspecified atom stereocenters. The van der Waals surface area contributed by atoms with Crippen molar-refractivity contribution in [3.05, 3.63) is 35.9 Å². The molecule has 4 heteroatoms. The molecular formula is C17H26N2O2. The lowest BCUT2D eigenvalue weighted by Gasteiger charge is -2.24. The lowest BCUT2D eigenvalue weighted by molar-refractivity contribution is -0.138. The van der Waals surface area contributed by atoms with Gasteiger partial charge in [0.2, 0.25) is 0 Å². The molecule has 116 valence electrons. The third-order valence-electron chi connectivity index (χ3n) is 4.27. The molecule has 2 atom stereocenters. The van der Waals surface area contributed by atoms with E-state index in [0.717, 1.165) is 25.8 Å². The van der Waals surface area contributed by atoms with E-state index < -0.39 is 5.60 Å². The summed E-state index contributed by atoms with van der Waals surface area (Å²) in [4.78, 5) is 12.0. The molecule has 1 heterocycles. The van der Waals surface area contributed by atoms with E-state index in [4.69, 9.17) is 0 Å². The quantitative estimate of drug-likeness (QED) is 0.506. The van der Waals surface area contributed by atoms with E-state index in [2.05, 4.69) is 29.7 Å². The number of hydrogen-bond donors (Lipinski definition) is 3. The van der Waals surface area contributed by atoms with Crippen LogP contribution in [0.5, 0.6) is 0 Å². The number of aliphatic hydroxyl groups is 1. The van der Waals surface area contributed by atoms with Crippen LogP contribution in [-0.4, -0.2) is 29.7 Å². The highest BCUT2D eigenvalue weighted by Gasteiger charge is 2.45. The van der Waals surface area contributed by atoms with Crippen LogP contribution in [0.15, 0.2) is 30.3 Å². The summed E-state index contributed by atoms with van der Waals surface area (Å²) in [6, 6.07) is 10.2. The molecule has 1 aromatic rings. The Morgan fingerprint density at radius 2 is 2.10 bits per heavy atom. The van der Waals surface area contributed by atoms with Crippen molar-refractivity contribution < 1.29 is 9.90 Å². The lowest BCUT2D eigenvalue weighted by Crippen LogP contribution is -2.45. The first kappa shape index (κ1) is 16.0. The van der Waals surface area contributed by atoms with E-state index in [9.17, 15) is 9.90 Å². The van der Waals surface area contributed by atoms with Crippen molar-refractivity contribution in [3.8, 4) is 0 Å². The van der Waals surface area contributed by atoms with Crippen LogP contribution in [0.1, 0.15) is 45.1 Å². The largest absolute Gasteiger partial charge is 0.380 e. The van der Waals surface area contributed by atoms with Gasteiger partial charge in [-0.1, -0.05) is 43.7 Å². The molecule has 1 amide bonds. The number of carbonyl (C=O) groups excluding carboxylic acids is 1. The molecule has 4 nitrogen and oxygen atoms in total. The van der Waals surface area contributed by atoms with E-state index >= 15 is 0 Å². The van der Waals surface area contributed by atoms with E-state index in [-0.39, 0.29) is 11.4 Å². The Labute approximate surface area is 126 Å². The number of carbonyl (C=O) groups is 1. The highest BCUT2D eigenvalue weighted by Crippen LogP contribution is 2.37. The highest BCUT2D eigenvalue weighted by atomic mass is 16.3. The van der Waals surface area contributed by atoms with Crippen LogP contribution in [0.3, 0.4) is 0 Å². The SMILES string of the molecule is CCCCNC(=O)[C@](C)(O)CC[C@]1(c2ccccc2)CN1. The smallest absolute Gasteiger partial charge is 0.251 e. The standard InChI is InChI=1S/C17H26N2O2/c1-3-4-12-18-15(20)16(2,21)10-11-17(13-19-17)14-8-6-5-7-9-14/h5-9,19,21H,3-4,10-13H2,1-2H3,(H,18,20)/t16-,17-/m1/s1. The molecule has 0 spiro atoms. The van der Waals surface area contributed by atoms with E-state index in [1.807, 2.05) is 18.2 Å². The minimum Gasteiger partial charge on any atom is -0.380 e. The van der Waals surface area contributed by atoms with Gasteiger partial charge in [-0.2, -0.15) is 0 Å². The summed E-state index contributed by atoms with van der Waals surface area (Å²) in [5.41, 5.74) is -0.137. The van der Waals surface area contributed by atoms with Crippen LogP contribution in [0.25, 0.3) is 0 Å². The van der Waals surface area contributed by atoms with E-state index in [0.29, 0.717) is 13.0 Å². The Kier molecular flexibility index (Phi) is 5.01. The fourth-order valence-corrected chi connectivity index (χ4v) is 2.53. The summed E-state index contributed by atoms with van der Waals surface area (Å²) in [5.74, 6) is -0.264. The summed E-state index contributed by atoms with van der Waals surface area (Å²) in [6.45, 7) is 5.22. The molecule has 1 fully saturated rings. The summed E-state index contributed by atoms with van der Waals surface area (Å²) >= 11 is 0. The predicted octanol–water partition coefficient (Wildman–Crippen LogP) is 1.93. The van der Waals surface area contributed by atoms with Gasteiger partial charge in [0, 0.05) is 13.1 Å². The Balaban J connectivity index is 1.88. The second-order valence-corrected chi connectivity index (χ2v) is 6.18. The lowest BCUT2D eigenvalue weighted by atomic mass is 9.88. The maximum Gasteiger partial charge on any atom is 0.251 e. The second kappa shape index (κ2) is 6.58. The molecular weight excluding hydrogens is 264 g/mol. The van der Waals surface area contributed by atoms with Crippen molar-refractivity contribution in [1.82, 2.24) is 10.6 Å². The van der Waals surface area contributed by atoms with Crippen LogP contribution in [0.4, 0.5) is 0 Å². The van der Waals surface area contributed by atoms with Crippen molar-refractivity contribution in [2.24, 2.45) is 0 Å². The average Bonchev–Trinajstić information content (AvgIpc) is 3.28. The predicted molar refractivity (Wildman–Crippen MR) is 83.9 cm³/mol. The minimum atomic E-state index is -1.31. The number of amides is 1. The summed E-state index contributed by atoms with van der Waals surface area (Å²) in [6.07, 6.45) is 3.18. The van der Waals surface area contributed by atoms with Crippen molar-refractivity contribution in [1.29, 1.82) is 0 Å². The number of hydrogen-bond acceptors (Lipinski definition) is 3. The van der Waals surface area contributed by atoms with Gasteiger partial charge in [0.25, 0.3) is 5.91 Å². The summed E-state index contributed by atoms with van der Waals surface area (Å²) in [7, 11) is 0. The van der Waals surface area contributed by atoms with Gasteiger partial charge in [-0.25, -0.2) is 0 Å². The Hall–Kier alpha value is -1.39. The molecule has 3 N–H and O–H groups in total. The Morgan fingerprint density at radius 1 is 1.43 bits per heavy atom. The van der Waals surface area contributed by atoms with Gasteiger partial charge in [0.1, 0.15) is 5.60 Å². The van der Waals surface area contributed by atoms with Gasteiger partial charge in [-0.3, -0.25) is 4.79 Å². The van der Waals surface area contributed by atoms with Crippen molar-refractivity contribution >= 4 is 5.91 Å². The fraction of sp³-hybridized carbons (Fsp3) is 0.588. The van der Waals surface area contributed by atoms with Crippen LogP contribution < -0.4 is 10.6 Å². The topological polar surface area (TPSA) is 71.3 Å². The second-order valence-electron chi connectivity index (χ2n) is 6.18. The van der Waals surface area contributed by atoms with Crippen molar-refractivity contribution in [2.45, 2.75) is 50.7 Å². The fourth-order valence-electron chi connectivity index (χ4n) is 2.53. The Morgan fingerprint density at radius 3 is 2.67 bits per heavy atom. The molecule has 1 aliphatic rings. The van der Waals surface area contributed by atoms with E-state index in [1.165, 1.54) is 5.56 Å². The van der Waals surface area contributed by atoms with E-state index in [1.54, 1.807) is 6.92 Å². The molecule has 0 saturated carbocycles. The van der Waals surface area contributed by atoms with Crippen LogP contribution >= 0.6 is 0 Å². The monoisotopic (exact) mass is 290 g/mol. The van der Waals surface area contributed by atoms with Crippen molar-refractivity contribution in [3.63, 3.8) is 0 Å². The van der Waals surface area contributed by atoms with Gasteiger partial charge < -0.3 is 15.7 Å². The molecule has 1 aliphatic heterocycles. The highest BCUT2D eigenvalue weighted by molar-refractivity contribution is 5.84. The molecule has 0 aliphatic carbocycles. The maximum absolute atomic E-state index is 12.0. The first-order valence-electron chi connectivity index (χ1n) is 7.81. The van der Waals surface area contributed by atoms with Gasteiger partial charge in [0.05, 0.1) is 5.54 Å². The van der Waals surface area contributed by atoms with Crippen LogP contribution in [0.2, 0.25) is 0 Å². The molecule has 21 heavy (non-hydrogen) atoms. The molecule has 0 bridgehead atoms. The van der Waals surface area contributed by atoms with Gasteiger partial charge in [-0.05, 0) is 31.7 Å². The maximum atomic E-state index is 12.0.